The molecule has 0 aliphatic rings. The summed E-state index contributed by atoms with van der Waals surface area (Å²) in [5.41, 5.74) is 1.26. The van der Waals surface area contributed by atoms with Gasteiger partial charge in [-0.1, -0.05) is 40.9 Å². The Bertz CT molecular complexity index is 934. The van der Waals surface area contributed by atoms with E-state index in [0.717, 1.165) is 0 Å². The van der Waals surface area contributed by atoms with Gasteiger partial charge in [-0.15, -0.1) is 0 Å². The number of benzene rings is 2. The fraction of sp³-hybridized carbons (Fsp3) is 0. The van der Waals surface area contributed by atoms with E-state index in [0.29, 0.717) is 26.6 Å². The molecule has 0 aliphatic heterocycles. The van der Waals surface area contributed by atoms with Gasteiger partial charge < -0.3 is 10.3 Å². The molecule has 1 amide bonds. The molecule has 0 aliphatic carbocycles. The van der Waals surface area contributed by atoms with Gasteiger partial charge in [-0.25, -0.2) is 0 Å². The van der Waals surface area contributed by atoms with Crippen LogP contribution in [-0.2, 0) is 4.79 Å². The SMILES string of the molecule is O=C(Nc1ccc(Cl)cc1Cl)C(=O)c1c[nH]c2cc(Cl)ccc12. The molecule has 7 heteroatoms. The first-order chi connectivity index (χ1) is 11.0. The highest BCUT2D eigenvalue weighted by molar-refractivity contribution is 6.49. The molecule has 3 aromatic rings. The summed E-state index contributed by atoms with van der Waals surface area (Å²) in [6.45, 7) is 0. The number of nitrogens with one attached hydrogen (secondary N) is 2. The van der Waals surface area contributed by atoms with Crippen LogP contribution < -0.4 is 5.32 Å². The molecule has 1 heterocycles. The largest absolute Gasteiger partial charge is 0.360 e. The number of fused-ring (bicyclic) bond motifs is 1. The Hall–Kier alpha value is -2.01. The quantitative estimate of drug-likeness (QED) is 0.508. The number of aromatic amines is 1. The maximum Gasteiger partial charge on any atom is 0.296 e. The monoisotopic (exact) mass is 366 g/mol. The van der Waals surface area contributed by atoms with E-state index in [2.05, 4.69) is 10.3 Å². The van der Waals surface area contributed by atoms with Crippen molar-refractivity contribution in [3.63, 3.8) is 0 Å². The maximum absolute atomic E-state index is 12.4. The van der Waals surface area contributed by atoms with E-state index in [1.54, 1.807) is 24.3 Å². The molecule has 0 saturated heterocycles. The predicted molar refractivity (Wildman–Crippen MR) is 92.7 cm³/mol. The summed E-state index contributed by atoms with van der Waals surface area (Å²) in [6, 6.07) is 9.61. The predicted octanol–water partition coefficient (Wildman–Crippen LogP) is 4.95. The lowest BCUT2D eigenvalue weighted by molar-refractivity contribution is -0.112. The smallest absolute Gasteiger partial charge is 0.296 e. The number of rotatable bonds is 3. The zero-order chi connectivity index (χ0) is 16.6. The summed E-state index contributed by atoms with van der Waals surface area (Å²) in [5.74, 6) is -1.46. The molecule has 0 atom stereocenters. The maximum atomic E-state index is 12.4. The molecule has 3 rings (SSSR count). The molecule has 0 unspecified atom stereocenters. The summed E-state index contributed by atoms with van der Waals surface area (Å²) < 4.78 is 0. The second-order valence-electron chi connectivity index (χ2n) is 4.80. The summed E-state index contributed by atoms with van der Waals surface area (Å²) in [4.78, 5) is 27.4. The Labute approximate surface area is 146 Å². The van der Waals surface area contributed by atoms with Gasteiger partial charge in [-0.3, -0.25) is 9.59 Å². The van der Waals surface area contributed by atoms with Gasteiger partial charge in [0.15, 0.2) is 0 Å². The lowest BCUT2D eigenvalue weighted by Gasteiger charge is -2.06. The lowest BCUT2D eigenvalue weighted by atomic mass is 10.1. The van der Waals surface area contributed by atoms with E-state index in [4.69, 9.17) is 34.8 Å². The molecule has 0 spiro atoms. The van der Waals surface area contributed by atoms with Crippen LogP contribution in [0.15, 0.2) is 42.6 Å². The fourth-order valence-electron chi connectivity index (χ4n) is 2.18. The Balaban J connectivity index is 1.88. The summed E-state index contributed by atoms with van der Waals surface area (Å²) >= 11 is 17.7. The zero-order valence-electron chi connectivity index (χ0n) is 11.5. The topological polar surface area (TPSA) is 62.0 Å². The number of ketones is 1. The standard InChI is InChI=1S/C16H9Cl3N2O2/c17-8-2-4-13(12(19)5-8)21-16(23)15(22)11-7-20-14-6-9(18)1-3-10(11)14/h1-7,20H,(H,21,23). The molecule has 0 bridgehead atoms. The molecule has 2 aromatic carbocycles. The van der Waals surface area contributed by atoms with Gasteiger partial charge in [0.2, 0.25) is 0 Å². The number of hydrogen-bond donors (Lipinski definition) is 2. The average Bonchev–Trinajstić information content (AvgIpc) is 2.92. The third-order valence-electron chi connectivity index (χ3n) is 3.27. The Morgan fingerprint density at radius 1 is 0.957 bits per heavy atom. The van der Waals surface area contributed by atoms with E-state index in [1.165, 1.54) is 18.3 Å². The second-order valence-corrected chi connectivity index (χ2v) is 6.08. The van der Waals surface area contributed by atoms with E-state index >= 15 is 0 Å². The molecular weight excluding hydrogens is 359 g/mol. The number of Topliss-reactive ketones (excluding diaryl/α,β-unsaturated/α-hetero) is 1. The van der Waals surface area contributed by atoms with Crippen LogP contribution in [0.5, 0.6) is 0 Å². The van der Waals surface area contributed by atoms with Gasteiger partial charge in [-0.05, 0) is 30.3 Å². The first-order valence-electron chi connectivity index (χ1n) is 6.53. The molecule has 116 valence electrons. The highest BCUT2D eigenvalue weighted by Gasteiger charge is 2.21. The normalized spacial score (nSPS) is 10.7. The number of anilines is 1. The Morgan fingerprint density at radius 3 is 2.39 bits per heavy atom. The zero-order valence-corrected chi connectivity index (χ0v) is 13.8. The third-order valence-corrected chi connectivity index (χ3v) is 4.06. The molecule has 1 aromatic heterocycles. The van der Waals surface area contributed by atoms with Crippen molar-refractivity contribution in [2.24, 2.45) is 0 Å². The average molecular weight is 368 g/mol. The molecule has 23 heavy (non-hydrogen) atoms. The first-order valence-corrected chi connectivity index (χ1v) is 7.66. The number of aromatic nitrogens is 1. The Morgan fingerprint density at radius 2 is 1.65 bits per heavy atom. The van der Waals surface area contributed by atoms with Crippen molar-refractivity contribution in [2.45, 2.75) is 0 Å². The van der Waals surface area contributed by atoms with Crippen LogP contribution in [-0.4, -0.2) is 16.7 Å². The van der Waals surface area contributed by atoms with Crippen LogP contribution in [0.25, 0.3) is 10.9 Å². The number of amides is 1. The van der Waals surface area contributed by atoms with Gasteiger partial charge in [-0.2, -0.15) is 0 Å². The molecule has 2 N–H and O–H groups in total. The van der Waals surface area contributed by atoms with Crippen molar-refractivity contribution in [2.75, 3.05) is 5.32 Å². The van der Waals surface area contributed by atoms with Crippen molar-refractivity contribution in [1.29, 1.82) is 0 Å². The fourth-order valence-corrected chi connectivity index (χ4v) is 2.81. The summed E-state index contributed by atoms with van der Waals surface area (Å²) in [6.07, 6.45) is 1.48. The van der Waals surface area contributed by atoms with E-state index in [9.17, 15) is 9.59 Å². The number of carbonyl (C=O) groups excluding carboxylic acids is 2. The molecule has 0 fully saturated rings. The number of hydrogen-bond acceptors (Lipinski definition) is 2. The minimum Gasteiger partial charge on any atom is -0.360 e. The van der Waals surface area contributed by atoms with Crippen LogP contribution in [0.4, 0.5) is 5.69 Å². The van der Waals surface area contributed by atoms with Gasteiger partial charge in [0.05, 0.1) is 16.3 Å². The van der Waals surface area contributed by atoms with Gasteiger partial charge >= 0.3 is 0 Å². The van der Waals surface area contributed by atoms with Crippen molar-refractivity contribution < 1.29 is 9.59 Å². The minimum absolute atomic E-state index is 0.254. The van der Waals surface area contributed by atoms with Crippen molar-refractivity contribution in [3.05, 3.63) is 63.2 Å². The summed E-state index contributed by atoms with van der Waals surface area (Å²) in [7, 11) is 0. The highest BCUT2D eigenvalue weighted by Crippen LogP contribution is 2.26. The lowest BCUT2D eigenvalue weighted by Crippen LogP contribution is -2.22. The van der Waals surface area contributed by atoms with Crippen LogP contribution >= 0.6 is 34.8 Å². The summed E-state index contributed by atoms with van der Waals surface area (Å²) in [5, 5.41) is 4.33. The number of halogens is 3. The van der Waals surface area contributed by atoms with Crippen molar-refractivity contribution in [1.82, 2.24) is 4.98 Å². The van der Waals surface area contributed by atoms with Crippen molar-refractivity contribution >= 4 is 63.1 Å². The van der Waals surface area contributed by atoms with Gasteiger partial charge in [0.25, 0.3) is 11.7 Å². The first kappa shape index (κ1) is 15.9. The number of carbonyl (C=O) groups is 2. The minimum atomic E-state index is -0.787. The van der Waals surface area contributed by atoms with E-state index in [1.807, 2.05) is 0 Å². The van der Waals surface area contributed by atoms with Gasteiger partial charge in [0, 0.05) is 27.1 Å². The van der Waals surface area contributed by atoms with Crippen LogP contribution in [0.3, 0.4) is 0 Å². The molecule has 0 radical (unpaired) electrons. The van der Waals surface area contributed by atoms with E-state index < -0.39 is 11.7 Å². The Kier molecular flexibility index (Phi) is 4.31. The van der Waals surface area contributed by atoms with Crippen molar-refractivity contribution in [3.8, 4) is 0 Å². The molecular formula is C16H9Cl3N2O2. The van der Waals surface area contributed by atoms with Crippen LogP contribution in [0, 0.1) is 0 Å². The molecule has 4 nitrogen and oxygen atoms in total. The van der Waals surface area contributed by atoms with Crippen LogP contribution in [0.1, 0.15) is 10.4 Å². The van der Waals surface area contributed by atoms with Crippen LogP contribution in [0.2, 0.25) is 15.1 Å². The van der Waals surface area contributed by atoms with Gasteiger partial charge in [0.1, 0.15) is 0 Å². The molecule has 0 saturated carbocycles. The second kappa shape index (κ2) is 6.24. The highest BCUT2D eigenvalue weighted by atomic mass is 35.5. The number of H-pyrrole nitrogens is 1. The van der Waals surface area contributed by atoms with E-state index in [-0.39, 0.29) is 10.6 Å². The third kappa shape index (κ3) is 3.20.